The zero-order valence-corrected chi connectivity index (χ0v) is 23.3. The van der Waals surface area contributed by atoms with Crippen LogP contribution >= 0.6 is 0 Å². The largest absolute Gasteiger partial charge is 0.575 e. The van der Waals surface area contributed by atoms with Crippen LogP contribution in [0.3, 0.4) is 0 Å². The molecule has 0 spiro atoms. The van der Waals surface area contributed by atoms with Crippen molar-refractivity contribution in [3.05, 3.63) is 150 Å². The van der Waals surface area contributed by atoms with Crippen molar-refractivity contribution in [1.29, 1.82) is 0 Å². The van der Waals surface area contributed by atoms with Gasteiger partial charge in [-0.25, -0.2) is 13.9 Å². The van der Waals surface area contributed by atoms with Gasteiger partial charge in [-0.05, 0) is 37.1 Å². The number of hydrogen-bond acceptors (Lipinski definition) is 5. The first-order valence-electron chi connectivity index (χ1n) is 13.8. The summed E-state index contributed by atoms with van der Waals surface area (Å²) in [6.45, 7) is 3.58. The number of imidazole rings is 1. The third kappa shape index (κ3) is 5.17. The predicted octanol–water partition coefficient (Wildman–Crippen LogP) is 5.07. The highest BCUT2D eigenvalue weighted by Crippen LogP contribution is 2.42. The van der Waals surface area contributed by atoms with E-state index >= 15 is 0 Å². The Morgan fingerprint density at radius 3 is 2.10 bits per heavy atom. The Morgan fingerprint density at radius 1 is 0.833 bits per heavy atom. The second kappa shape index (κ2) is 11.0. The first-order chi connectivity index (χ1) is 20.3. The molecule has 210 valence electrons. The molecular formula is C35H30N2O5. The van der Waals surface area contributed by atoms with Crippen LogP contribution in [0.25, 0.3) is 11.0 Å². The van der Waals surface area contributed by atoms with Crippen molar-refractivity contribution < 1.29 is 28.7 Å². The van der Waals surface area contributed by atoms with Crippen LogP contribution < -0.4 is 9.67 Å². The maximum atomic E-state index is 14.6. The van der Waals surface area contributed by atoms with Gasteiger partial charge in [0.25, 0.3) is 0 Å². The minimum atomic E-state index is -1.42. The van der Waals surface area contributed by atoms with Gasteiger partial charge in [0.2, 0.25) is 12.1 Å². The maximum absolute atomic E-state index is 14.6. The van der Waals surface area contributed by atoms with Crippen molar-refractivity contribution in [3.63, 3.8) is 0 Å². The Kier molecular flexibility index (Phi) is 7.08. The standard InChI is InChI=1S/C35H30N2O5/c1-35(2)41-33(39)30(34(40)42-35)29(25-16-8-4-9-17-25)31(32(38)26-18-10-5-11-19-26)37-23-36(22-24-14-6-3-7-15-24)27-20-12-13-21-28(27)37/h3-21,23,29,31H,22H2,1-2H3. The first kappa shape index (κ1) is 27.0. The van der Waals surface area contributed by atoms with Crippen molar-refractivity contribution >= 4 is 22.8 Å². The fourth-order valence-corrected chi connectivity index (χ4v) is 5.62. The summed E-state index contributed by atoms with van der Waals surface area (Å²) in [6, 6.07) is 34.8. The lowest BCUT2D eigenvalue weighted by atomic mass is 9.80. The Balaban J connectivity index is 1.62. The van der Waals surface area contributed by atoms with Gasteiger partial charge in [0.05, 0.1) is 17.4 Å². The van der Waals surface area contributed by atoms with Gasteiger partial charge < -0.3 is 14.6 Å². The molecule has 0 N–H and O–H groups in total. The Morgan fingerprint density at radius 2 is 1.43 bits per heavy atom. The number of ether oxygens (including phenoxy) is 2. The average molecular weight is 559 g/mol. The van der Waals surface area contributed by atoms with Crippen LogP contribution in [0.2, 0.25) is 0 Å². The summed E-state index contributed by atoms with van der Waals surface area (Å²) in [7, 11) is 0. The number of fused-ring (bicyclic) bond motifs is 1. The monoisotopic (exact) mass is 558 g/mol. The molecule has 2 unspecified atom stereocenters. The first-order valence-corrected chi connectivity index (χ1v) is 13.8. The number of aromatic nitrogens is 2. The van der Waals surface area contributed by atoms with E-state index in [1.54, 1.807) is 24.3 Å². The van der Waals surface area contributed by atoms with Crippen LogP contribution in [0.15, 0.2) is 133 Å². The number of Topliss-reactive ketones (excluding diaryl/α,β-unsaturated/α-hetero) is 1. The summed E-state index contributed by atoms with van der Waals surface area (Å²) in [5, 5.41) is 13.6. The summed E-state index contributed by atoms with van der Waals surface area (Å²) in [5.41, 5.74) is 3.62. The number of esters is 1. The van der Waals surface area contributed by atoms with E-state index in [4.69, 9.17) is 9.47 Å². The number of benzene rings is 4. The van der Waals surface area contributed by atoms with E-state index in [-0.39, 0.29) is 11.4 Å². The fraction of sp³-hybridized carbons (Fsp3) is 0.171. The highest BCUT2D eigenvalue weighted by atomic mass is 16.8. The van der Waals surface area contributed by atoms with Crippen molar-refractivity contribution in [1.82, 2.24) is 4.57 Å². The van der Waals surface area contributed by atoms with Crippen molar-refractivity contribution in [3.8, 4) is 0 Å². The van der Waals surface area contributed by atoms with Crippen LogP contribution in [0.1, 0.15) is 47.3 Å². The van der Waals surface area contributed by atoms with E-state index in [0.29, 0.717) is 17.7 Å². The summed E-state index contributed by atoms with van der Waals surface area (Å²) in [6.07, 6.45) is 1.89. The molecule has 1 aromatic heterocycles. The Labute approximate surface area is 243 Å². The summed E-state index contributed by atoms with van der Waals surface area (Å²) < 4.78 is 15.1. The van der Waals surface area contributed by atoms with Crippen LogP contribution in [0, 0.1) is 0 Å². The smallest absolute Gasteiger partial charge is 0.338 e. The summed E-state index contributed by atoms with van der Waals surface area (Å²) in [4.78, 5) is 28.2. The second-order valence-electron chi connectivity index (χ2n) is 10.8. The highest BCUT2D eigenvalue weighted by Gasteiger charge is 2.45. The van der Waals surface area contributed by atoms with Crippen molar-refractivity contribution in [2.75, 3.05) is 0 Å². The third-order valence-corrected chi connectivity index (χ3v) is 7.46. The number of carbonyl (C=O) groups excluding carboxylic acids is 2. The molecule has 0 aliphatic carbocycles. The number of rotatable bonds is 8. The van der Waals surface area contributed by atoms with Gasteiger partial charge in [-0.15, -0.1) is 0 Å². The number of nitrogens with zero attached hydrogens (tertiary/aromatic N) is 2. The lowest BCUT2D eigenvalue weighted by Gasteiger charge is -2.41. The molecule has 5 aromatic rings. The number of hydrogen-bond donors (Lipinski definition) is 0. The molecule has 42 heavy (non-hydrogen) atoms. The van der Waals surface area contributed by atoms with E-state index in [1.807, 2.05) is 102 Å². The van der Waals surface area contributed by atoms with E-state index < -0.39 is 29.7 Å². The molecule has 0 amide bonds. The molecule has 0 saturated heterocycles. The molecule has 0 bridgehead atoms. The van der Waals surface area contributed by atoms with E-state index in [0.717, 1.165) is 16.6 Å². The topological polar surface area (TPSA) is 84.5 Å². The molecule has 0 saturated carbocycles. The van der Waals surface area contributed by atoms with Gasteiger partial charge in [-0.3, -0.25) is 4.79 Å². The van der Waals surface area contributed by atoms with Gasteiger partial charge >= 0.3 is 5.97 Å². The molecule has 0 radical (unpaired) electrons. The molecule has 6 rings (SSSR count). The van der Waals surface area contributed by atoms with E-state index in [9.17, 15) is 14.7 Å². The quantitative estimate of drug-likeness (QED) is 0.151. The summed E-state index contributed by atoms with van der Waals surface area (Å²) in [5.74, 6) is -4.28. The Hall–Kier alpha value is -5.17. The molecule has 2 heterocycles. The molecule has 0 fully saturated rings. The SMILES string of the molecule is CC1(C)OC(=O)C(C(c2ccccc2)C(C(=O)c2ccccc2)n2c[n+](Cc3ccccc3)c3ccccc32)=C([O-])O1. The van der Waals surface area contributed by atoms with Crippen LogP contribution in [0.4, 0.5) is 0 Å². The van der Waals surface area contributed by atoms with Crippen molar-refractivity contribution in [2.24, 2.45) is 0 Å². The van der Waals surface area contributed by atoms with Crippen molar-refractivity contribution in [2.45, 2.75) is 38.1 Å². The average Bonchev–Trinajstić information content (AvgIpc) is 3.34. The molecule has 1 aliphatic heterocycles. The zero-order chi connectivity index (χ0) is 29.3. The fourth-order valence-electron chi connectivity index (χ4n) is 5.62. The highest BCUT2D eigenvalue weighted by molar-refractivity contribution is 6.02. The number of carbonyl (C=O) groups is 2. The van der Waals surface area contributed by atoms with Gasteiger partial charge in [-0.1, -0.05) is 103 Å². The number of ketones is 1. The van der Waals surface area contributed by atoms with Gasteiger partial charge in [-0.2, -0.15) is 0 Å². The summed E-state index contributed by atoms with van der Waals surface area (Å²) >= 11 is 0. The number of para-hydroxylation sites is 2. The lowest BCUT2D eigenvalue weighted by Crippen LogP contribution is -2.43. The number of cyclic esters (lactones) is 1. The zero-order valence-electron chi connectivity index (χ0n) is 23.3. The Bertz CT molecular complexity index is 1780. The van der Waals surface area contributed by atoms with Crippen LogP contribution in [-0.2, 0) is 20.8 Å². The molecule has 4 aromatic carbocycles. The van der Waals surface area contributed by atoms with Gasteiger partial charge in [0.15, 0.2) is 22.9 Å². The molecule has 7 nitrogen and oxygen atoms in total. The molecule has 2 atom stereocenters. The maximum Gasteiger partial charge on any atom is 0.338 e. The van der Waals surface area contributed by atoms with E-state index in [1.165, 1.54) is 13.8 Å². The molecular weight excluding hydrogens is 528 g/mol. The minimum Gasteiger partial charge on any atom is -0.575 e. The van der Waals surface area contributed by atoms with Gasteiger partial charge in [0, 0.05) is 5.56 Å². The van der Waals surface area contributed by atoms with E-state index in [2.05, 4.69) is 4.57 Å². The second-order valence-corrected chi connectivity index (χ2v) is 10.8. The van der Waals surface area contributed by atoms with Crippen LogP contribution in [0.5, 0.6) is 0 Å². The molecule has 7 heteroatoms. The predicted molar refractivity (Wildman–Crippen MR) is 155 cm³/mol. The van der Waals surface area contributed by atoms with Crippen LogP contribution in [-0.4, -0.2) is 22.1 Å². The van der Waals surface area contributed by atoms with Gasteiger partial charge in [0.1, 0.15) is 6.54 Å². The third-order valence-electron chi connectivity index (χ3n) is 7.46. The molecule has 1 aliphatic rings. The minimum absolute atomic E-state index is 0.220. The lowest BCUT2D eigenvalue weighted by molar-refractivity contribution is -0.663. The normalized spacial score (nSPS) is 16.0.